The van der Waals surface area contributed by atoms with Crippen molar-refractivity contribution in [3.05, 3.63) is 70.8 Å². The molecular formula is C17H15FN3O3S+. The first-order valence-electron chi connectivity index (χ1n) is 7.50. The Morgan fingerprint density at radius 3 is 2.60 bits per heavy atom. The van der Waals surface area contributed by atoms with E-state index in [0.29, 0.717) is 16.5 Å². The second kappa shape index (κ2) is 7.80. The maximum atomic E-state index is 12.8. The summed E-state index contributed by atoms with van der Waals surface area (Å²) in [5.74, 6) is -0.189. The fourth-order valence-corrected chi connectivity index (χ4v) is 3.04. The van der Waals surface area contributed by atoms with Crippen LogP contribution in [0.4, 0.5) is 10.1 Å². The Morgan fingerprint density at radius 2 is 1.88 bits per heavy atom. The van der Waals surface area contributed by atoms with Gasteiger partial charge in [0.25, 0.3) is 0 Å². The second-order valence-electron chi connectivity index (χ2n) is 5.11. The van der Waals surface area contributed by atoms with Crippen LogP contribution in [0.1, 0.15) is 6.42 Å². The summed E-state index contributed by atoms with van der Waals surface area (Å²) < 4.78 is 19.2. The van der Waals surface area contributed by atoms with Crippen LogP contribution in [0.3, 0.4) is 0 Å². The number of halogens is 1. The van der Waals surface area contributed by atoms with Gasteiger partial charge in [-0.2, -0.15) is 0 Å². The molecule has 0 fully saturated rings. The van der Waals surface area contributed by atoms with Gasteiger partial charge >= 0.3 is 10.7 Å². The standard InChI is InChI=1S/C17H14FN3O3S/c18-12-6-8-13(9-7-12)19-15(22)10-11-25-16-17(23)24-20-21(16)14-4-2-1-3-5-14/h1-9H,10-11H2,(H-,19,20,22,23)/p+1. The van der Waals surface area contributed by atoms with E-state index in [9.17, 15) is 14.0 Å². The van der Waals surface area contributed by atoms with Crippen molar-refractivity contribution in [3.8, 4) is 5.69 Å². The lowest BCUT2D eigenvalue weighted by Crippen LogP contribution is -2.36. The lowest BCUT2D eigenvalue weighted by molar-refractivity contribution is -0.704. The minimum atomic E-state index is -0.493. The fraction of sp³-hybridized carbons (Fsp3) is 0.118. The predicted molar refractivity (Wildman–Crippen MR) is 91.2 cm³/mol. The Balaban J connectivity index is 1.59. The first-order chi connectivity index (χ1) is 12.1. The minimum Gasteiger partial charge on any atom is -0.326 e. The molecule has 1 heterocycles. The maximum Gasteiger partial charge on any atom is 0.442 e. The second-order valence-corrected chi connectivity index (χ2v) is 6.19. The number of aromatic amines is 1. The number of hydrogen-bond donors (Lipinski definition) is 2. The van der Waals surface area contributed by atoms with Crippen LogP contribution in [0.2, 0.25) is 0 Å². The summed E-state index contributed by atoms with van der Waals surface area (Å²) in [6.45, 7) is 0. The molecule has 2 N–H and O–H groups in total. The number of hydrogen-bond acceptors (Lipinski definition) is 4. The highest BCUT2D eigenvalue weighted by molar-refractivity contribution is 7.99. The van der Waals surface area contributed by atoms with Gasteiger partial charge in [-0.3, -0.25) is 9.32 Å². The molecule has 0 aliphatic carbocycles. The van der Waals surface area contributed by atoms with E-state index in [1.165, 1.54) is 40.7 Å². The number of nitrogens with one attached hydrogen (secondary N) is 2. The van der Waals surface area contributed by atoms with Crippen molar-refractivity contribution < 1.29 is 18.4 Å². The van der Waals surface area contributed by atoms with Crippen LogP contribution >= 0.6 is 11.8 Å². The first kappa shape index (κ1) is 17.0. The number of carbonyl (C=O) groups excluding carboxylic acids is 1. The number of thioether (sulfide) groups is 1. The first-order valence-corrected chi connectivity index (χ1v) is 8.49. The molecule has 0 unspecified atom stereocenters. The number of anilines is 1. The van der Waals surface area contributed by atoms with Crippen molar-refractivity contribution in [1.29, 1.82) is 0 Å². The molecule has 0 aliphatic rings. The van der Waals surface area contributed by atoms with Crippen LogP contribution in [0.25, 0.3) is 5.69 Å². The van der Waals surface area contributed by atoms with Crippen molar-refractivity contribution in [2.75, 3.05) is 11.1 Å². The molecule has 3 rings (SSSR count). The van der Waals surface area contributed by atoms with E-state index in [1.807, 2.05) is 30.3 Å². The summed E-state index contributed by atoms with van der Waals surface area (Å²) in [7, 11) is 0. The van der Waals surface area contributed by atoms with Crippen LogP contribution < -0.4 is 15.6 Å². The summed E-state index contributed by atoms with van der Waals surface area (Å²) in [5, 5.41) is 5.58. The lowest BCUT2D eigenvalue weighted by atomic mass is 10.3. The van der Waals surface area contributed by atoms with Gasteiger partial charge in [-0.15, -0.1) is 0 Å². The van der Waals surface area contributed by atoms with Gasteiger partial charge in [0.2, 0.25) is 11.6 Å². The third kappa shape index (κ3) is 4.36. The van der Waals surface area contributed by atoms with Crippen molar-refractivity contribution in [2.45, 2.75) is 11.4 Å². The molecule has 2 aromatic carbocycles. The molecule has 8 heteroatoms. The van der Waals surface area contributed by atoms with E-state index in [0.717, 1.165) is 5.69 Å². The van der Waals surface area contributed by atoms with Crippen molar-refractivity contribution in [2.24, 2.45) is 0 Å². The maximum absolute atomic E-state index is 12.8. The van der Waals surface area contributed by atoms with E-state index in [1.54, 1.807) is 0 Å². The van der Waals surface area contributed by atoms with Gasteiger partial charge in [0, 0.05) is 30.0 Å². The number of aromatic nitrogens is 2. The molecule has 3 aromatic rings. The smallest absolute Gasteiger partial charge is 0.326 e. The molecule has 128 valence electrons. The molecule has 1 amide bonds. The SMILES string of the molecule is O=C(CCSc1c(=O)o[nH][n+]1-c1ccccc1)Nc1ccc(F)cc1. The molecule has 6 nitrogen and oxygen atoms in total. The van der Waals surface area contributed by atoms with Crippen LogP contribution in [0.15, 0.2) is 68.9 Å². The predicted octanol–water partition coefficient (Wildman–Crippen LogP) is 2.50. The van der Waals surface area contributed by atoms with E-state index < -0.39 is 5.63 Å². The Labute approximate surface area is 146 Å². The number of benzene rings is 2. The number of para-hydroxylation sites is 1. The van der Waals surface area contributed by atoms with Crippen LogP contribution in [-0.2, 0) is 4.79 Å². The van der Waals surface area contributed by atoms with Crippen LogP contribution in [0, 0.1) is 5.82 Å². The van der Waals surface area contributed by atoms with Gasteiger partial charge in [-0.25, -0.2) is 9.18 Å². The molecular weight excluding hydrogens is 345 g/mol. The van der Waals surface area contributed by atoms with Gasteiger partial charge in [0.15, 0.2) is 0 Å². The van der Waals surface area contributed by atoms with E-state index in [2.05, 4.69) is 10.6 Å². The molecule has 25 heavy (non-hydrogen) atoms. The average molecular weight is 360 g/mol. The molecule has 0 radical (unpaired) electrons. The van der Waals surface area contributed by atoms with Crippen LogP contribution in [0.5, 0.6) is 0 Å². The largest absolute Gasteiger partial charge is 0.442 e. The van der Waals surface area contributed by atoms with E-state index in [-0.39, 0.29) is 18.1 Å². The lowest BCUT2D eigenvalue weighted by Gasteiger charge is -2.03. The van der Waals surface area contributed by atoms with E-state index in [4.69, 9.17) is 4.52 Å². The summed E-state index contributed by atoms with van der Waals surface area (Å²) >= 11 is 1.22. The van der Waals surface area contributed by atoms with Gasteiger partial charge in [-0.1, -0.05) is 18.2 Å². The number of amides is 1. The zero-order valence-electron chi connectivity index (χ0n) is 13.1. The highest BCUT2D eigenvalue weighted by Gasteiger charge is 2.23. The van der Waals surface area contributed by atoms with E-state index >= 15 is 0 Å². The monoisotopic (exact) mass is 360 g/mol. The molecule has 0 saturated carbocycles. The Bertz CT molecular complexity index is 907. The van der Waals surface area contributed by atoms with Crippen molar-refractivity contribution in [1.82, 2.24) is 5.27 Å². The van der Waals surface area contributed by atoms with Gasteiger partial charge in [0.1, 0.15) is 5.82 Å². The van der Waals surface area contributed by atoms with Crippen molar-refractivity contribution >= 4 is 23.4 Å². The molecule has 0 spiro atoms. The number of rotatable bonds is 6. The zero-order chi connectivity index (χ0) is 17.6. The summed E-state index contributed by atoms with van der Waals surface area (Å²) in [6.07, 6.45) is 0.196. The third-order valence-corrected chi connectivity index (χ3v) is 4.35. The van der Waals surface area contributed by atoms with Crippen molar-refractivity contribution in [3.63, 3.8) is 0 Å². The minimum absolute atomic E-state index is 0.196. The van der Waals surface area contributed by atoms with Gasteiger partial charge < -0.3 is 5.32 Å². The molecule has 0 atom stereocenters. The quantitative estimate of drug-likeness (QED) is 0.523. The third-order valence-electron chi connectivity index (χ3n) is 3.32. The highest BCUT2D eigenvalue weighted by atomic mass is 32.2. The molecule has 0 saturated heterocycles. The Morgan fingerprint density at radius 1 is 1.16 bits per heavy atom. The fourth-order valence-electron chi connectivity index (χ4n) is 2.13. The Kier molecular flexibility index (Phi) is 5.30. The average Bonchev–Trinajstić information content (AvgIpc) is 2.99. The number of carbonyl (C=O) groups is 1. The number of nitrogens with zero attached hydrogens (tertiary/aromatic N) is 1. The molecule has 0 aliphatic heterocycles. The topological polar surface area (TPSA) is 79.0 Å². The normalized spacial score (nSPS) is 10.6. The molecule has 1 aromatic heterocycles. The Hall–Kier alpha value is -2.87. The number of H-pyrrole nitrogens is 1. The highest BCUT2D eigenvalue weighted by Crippen LogP contribution is 2.14. The zero-order valence-corrected chi connectivity index (χ0v) is 13.9. The van der Waals surface area contributed by atoms with Gasteiger partial charge in [-0.05, 0) is 46.0 Å². The van der Waals surface area contributed by atoms with Crippen LogP contribution in [-0.4, -0.2) is 16.9 Å². The summed E-state index contributed by atoms with van der Waals surface area (Å²) in [4.78, 5) is 23.8. The molecule has 0 bridgehead atoms. The van der Waals surface area contributed by atoms with Gasteiger partial charge in [0.05, 0.1) is 0 Å². The summed E-state index contributed by atoms with van der Waals surface area (Å²) in [5.41, 5.74) is 0.788. The summed E-state index contributed by atoms with van der Waals surface area (Å²) in [6, 6.07) is 14.8.